The van der Waals surface area contributed by atoms with Crippen LogP contribution >= 0.6 is 0 Å². The molecule has 1 unspecified atom stereocenters. The van der Waals surface area contributed by atoms with Crippen LogP contribution in [0.2, 0.25) is 0 Å². The van der Waals surface area contributed by atoms with Crippen molar-refractivity contribution in [3.8, 4) is 0 Å². The quantitative estimate of drug-likeness (QED) is 0.864. The second-order valence-electron chi connectivity index (χ2n) is 4.46. The third kappa shape index (κ3) is 3.59. The van der Waals surface area contributed by atoms with E-state index in [2.05, 4.69) is 47.6 Å². The van der Waals surface area contributed by atoms with Gasteiger partial charge in [-0.15, -0.1) is 0 Å². The van der Waals surface area contributed by atoms with Gasteiger partial charge in [0.05, 0.1) is 0 Å². The van der Waals surface area contributed by atoms with Gasteiger partial charge < -0.3 is 5.32 Å². The fourth-order valence-electron chi connectivity index (χ4n) is 1.82. The first-order valence-corrected chi connectivity index (χ1v) is 5.97. The number of aromatic nitrogens is 1. The molecule has 0 aliphatic carbocycles. The maximum atomic E-state index is 4.35. The molecule has 17 heavy (non-hydrogen) atoms. The minimum Gasteiger partial charge on any atom is -0.367 e. The molecule has 1 atom stereocenters. The Kier molecular flexibility index (Phi) is 3.76. The molecule has 2 rings (SSSR count). The van der Waals surface area contributed by atoms with Crippen LogP contribution in [0.4, 0.5) is 5.82 Å². The number of hydrogen-bond donors (Lipinski definition) is 1. The van der Waals surface area contributed by atoms with Crippen LogP contribution in [0.15, 0.2) is 48.7 Å². The van der Waals surface area contributed by atoms with Gasteiger partial charge in [-0.1, -0.05) is 36.4 Å². The molecule has 0 bridgehead atoms. The van der Waals surface area contributed by atoms with Gasteiger partial charge in [0, 0.05) is 12.2 Å². The van der Waals surface area contributed by atoms with Crippen LogP contribution in [0.1, 0.15) is 18.1 Å². The van der Waals surface area contributed by atoms with Crippen molar-refractivity contribution in [1.82, 2.24) is 4.98 Å². The lowest BCUT2D eigenvalue weighted by atomic mass is 10.1. The highest BCUT2D eigenvalue weighted by atomic mass is 15.0. The van der Waals surface area contributed by atoms with Crippen molar-refractivity contribution in [1.29, 1.82) is 0 Å². The zero-order valence-corrected chi connectivity index (χ0v) is 10.4. The fourth-order valence-corrected chi connectivity index (χ4v) is 1.82. The highest BCUT2D eigenvalue weighted by molar-refractivity contribution is 5.36. The minimum atomic E-state index is 0.382. The minimum absolute atomic E-state index is 0.382. The molecule has 0 radical (unpaired) electrons. The number of hydrogen-bond acceptors (Lipinski definition) is 2. The number of nitrogens with one attached hydrogen (secondary N) is 1. The Morgan fingerprint density at radius 3 is 2.53 bits per heavy atom. The van der Waals surface area contributed by atoms with Crippen molar-refractivity contribution in [3.63, 3.8) is 0 Å². The van der Waals surface area contributed by atoms with Crippen molar-refractivity contribution in [2.45, 2.75) is 26.3 Å². The van der Waals surface area contributed by atoms with Crippen molar-refractivity contribution in [2.75, 3.05) is 5.32 Å². The first-order valence-electron chi connectivity index (χ1n) is 5.97. The van der Waals surface area contributed by atoms with Crippen LogP contribution in [0, 0.1) is 6.92 Å². The number of rotatable bonds is 4. The van der Waals surface area contributed by atoms with Gasteiger partial charge in [-0.05, 0) is 37.5 Å². The molecule has 2 heteroatoms. The molecule has 0 saturated carbocycles. The smallest absolute Gasteiger partial charge is 0.126 e. The monoisotopic (exact) mass is 226 g/mol. The average Bonchev–Trinajstić information content (AvgIpc) is 2.33. The number of nitrogens with zero attached hydrogens (tertiary/aromatic N) is 1. The highest BCUT2D eigenvalue weighted by Gasteiger charge is 2.03. The Morgan fingerprint density at radius 1 is 1.12 bits per heavy atom. The predicted molar refractivity (Wildman–Crippen MR) is 72.2 cm³/mol. The van der Waals surface area contributed by atoms with Crippen LogP contribution in [0.5, 0.6) is 0 Å². The van der Waals surface area contributed by atoms with E-state index in [0.717, 1.165) is 12.2 Å². The van der Waals surface area contributed by atoms with Gasteiger partial charge in [0.2, 0.25) is 0 Å². The van der Waals surface area contributed by atoms with E-state index in [0.29, 0.717) is 6.04 Å². The molecular weight excluding hydrogens is 208 g/mol. The Balaban J connectivity index is 1.93. The summed E-state index contributed by atoms with van der Waals surface area (Å²) in [7, 11) is 0. The molecule has 0 saturated heterocycles. The summed E-state index contributed by atoms with van der Waals surface area (Å²) in [5.74, 6) is 0.944. The lowest BCUT2D eigenvalue weighted by molar-refractivity contribution is 0.784. The summed E-state index contributed by atoms with van der Waals surface area (Å²) in [4.78, 5) is 4.35. The van der Waals surface area contributed by atoms with E-state index in [-0.39, 0.29) is 0 Å². The SMILES string of the molecule is Cc1ccc(NC(C)Cc2ccccc2)nc1. The van der Waals surface area contributed by atoms with Gasteiger partial charge in [-0.2, -0.15) is 0 Å². The van der Waals surface area contributed by atoms with Crippen molar-refractivity contribution in [2.24, 2.45) is 0 Å². The second-order valence-corrected chi connectivity index (χ2v) is 4.46. The molecule has 1 aromatic carbocycles. The zero-order chi connectivity index (χ0) is 12.1. The van der Waals surface area contributed by atoms with E-state index in [9.17, 15) is 0 Å². The Morgan fingerprint density at radius 2 is 1.88 bits per heavy atom. The van der Waals surface area contributed by atoms with E-state index >= 15 is 0 Å². The summed E-state index contributed by atoms with van der Waals surface area (Å²) in [5, 5.41) is 3.41. The molecule has 1 N–H and O–H groups in total. The predicted octanol–water partition coefficient (Wildman–Crippen LogP) is 3.43. The molecule has 0 aliphatic rings. The molecule has 0 aliphatic heterocycles. The van der Waals surface area contributed by atoms with Crippen LogP contribution in [0.25, 0.3) is 0 Å². The van der Waals surface area contributed by atoms with E-state index in [4.69, 9.17) is 0 Å². The van der Waals surface area contributed by atoms with Gasteiger partial charge >= 0.3 is 0 Å². The molecule has 2 nitrogen and oxygen atoms in total. The lowest BCUT2D eigenvalue weighted by Gasteiger charge is -2.14. The summed E-state index contributed by atoms with van der Waals surface area (Å²) in [6, 6.07) is 15.0. The largest absolute Gasteiger partial charge is 0.367 e. The number of anilines is 1. The lowest BCUT2D eigenvalue weighted by Crippen LogP contribution is -2.18. The van der Waals surface area contributed by atoms with Gasteiger partial charge in [0.25, 0.3) is 0 Å². The van der Waals surface area contributed by atoms with Crippen LogP contribution < -0.4 is 5.32 Å². The van der Waals surface area contributed by atoms with Gasteiger partial charge in [0.15, 0.2) is 0 Å². The van der Waals surface area contributed by atoms with Gasteiger partial charge in [-0.25, -0.2) is 4.98 Å². The molecule has 2 aromatic rings. The zero-order valence-electron chi connectivity index (χ0n) is 10.4. The maximum Gasteiger partial charge on any atom is 0.126 e. The van der Waals surface area contributed by atoms with Crippen LogP contribution in [0.3, 0.4) is 0 Å². The van der Waals surface area contributed by atoms with E-state index in [1.54, 1.807) is 0 Å². The second kappa shape index (κ2) is 5.48. The third-order valence-corrected chi connectivity index (χ3v) is 2.69. The molecule has 1 heterocycles. The van der Waals surface area contributed by atoms with E-state index in [1.807, 2.05) is 25.3 Å². The average molecular weight is 226 g/mol. The maximum absolute atomic E-state index is 4.35. The van der Waals surface area contributed by atoms with Crippen molar-refractivity contribution >= 4 is 5.82 Å². The molecule has 88 valence electrons. The Labute approximate surface area is 103 Å². The Bertz CT molecular complexity index is 448. The summed E-state index contributed by atoms with van der Waals surface area (Å²) in [6.07, 6.45) is 2.90. The molecular formula is C15H18N2. The molecule has 1 aromatic heterocycles. The first kappa shape index (κ1) is 11.6. The summed E-state index contributed by atoms with van der Waals surface area (Å²) in [6.45, 7) is 4.22. The summed E-state index contributed by atoms with van der Waals surface area (Å²) < 4.78 is 0. The number of benzene rings is 1. The Hall–Kier alpha value is -1.83. The molecule has 0 fully saturated rings. The number of pyridine rings is 1. The fraction of sp³-hybridized carbons (Fsp3) is 0.267. The molecule has 0 amide bonds. The molecule has 0 spiro atoms. The van der Waals surface area contributed by atoms with E-state index < -0.39 is 0 Å². The van der Waals surface area contributed by atoms with Gasteiger partial charge in [-0.3, -0.25) is 0 Å². The summed E-state index contributed by atoms with van der Waals surface area (Å²) >= 11 is 0. The number of aryl methyl sites for hydroxylation is 1. The van der Waals surface area contributed by atoms with Crippen molar-refractivity contribution in [3.05, 3.63) is 59.8 Å². The van der Waals surface area contributed by atoms with Gasteiger partial charge in [0.1, 0.15) is 5.82 Å². The topological polar surface area (TPSA) is 24.9 Å². The van der Waals surface area contributed by atoms with Crippen LogP contribution in [-0.2, 0) is 6.42 Å². The van der Waals surface area contributed by atoms with E-state index in [1.165, 1.54) is 11.1 Å². The van der Waals surface area contributed by atoms with Crippen molar-refractivity contribution < 1.29 is 0 Å². The highest BCUT2D eigenvalue weighted by Crippen LogP contribution is 2.09. The third-order valence-electron chi connectivity index (χ3n) is 2.69. The first-order chi connectivity index (χ1) is 8.24. The standard InChI is InChI=1S/C15H18N2/c1-12-8-9-15(16-11-12)17-13(2)10-14-6-4-3-5-7-14/h3-9,11,13H,10H2,1-2H3,(H,16,17). The summed E-state index contributed by atoms with van der Waals surface area (Å²) in [5.41, 5.74) is 2.53. The normalized spacial score (nSPS) is 12.1. The van der Waals surface area contributed by atoms with Crippen LogP contribution in [-0.4, -0.2) is 11.0 Å².